The first-order chi connectivity index (χ1) is 14.3. The number of nitrogens with zero attached hydrogens (tertiary/aromatic N) is 2. The van der Waals surface area contributed by atoms with Crippen LogP contribution in [-0.2, 0) is 21.4 Å². The minimum Gasteiger partial charge on any atom is -0.324 e. The highest BCUT2D eigenvalue weighted by Crippen LogP contribution is 2.26. The summed E-state index contributed by atoms with van der Waals surface area (Å²) in [5, 5.41) is 2.93. The van der Waals surface area contributed by atoms with Gasteiger partial charge in [0.2, 0.25) is 15.9 Å². The first-order valence-corrected chi connectivity index (χ1v) is 11.1. The average Bonchev–Trinajstić information content (AvgIpc) is 2.71. The molecule has 1 fully saturated rings. The zero-order valence-corrected chi connectivity index (χ0v) is 16.8. The molecule has 0 aliphatic carbocycles. The predicted molar refractivity (Wildman–Crippen MR) is 114 cm³/mol. The topological polar surface area (TPSA) is 121 Å². The third kappa shape index (κ3) is 3.86. The minimum atomic E-state index is -3.37. The molecular formula is C20H20N4O5S. The monoisotopic (exact) mass is 428 g/mol. The molecule has 0 atom stereocenters. The summed E-state index contributed by atoms with van der Waals surface area (Å²) in [6, 6.07) is 13.0. The van der Waals surface area contributed by atoms with Crippen LogP contribution < -0.4 is 20.9 Å². The van der Waals surface area contributed by atoms with Gasteiger partial charge in [-0.1, -0.05) is 18.2 Å². The number of carbonyl (C=O) groups excluding carboxylic acids is 1. The highest BCUT2D eigenvalue weighted by molar-refractivity contribution is 7.92. The number of hydrogen-bond donors (Lipinski definition) is 2. The van der Waals surface area contributed by atoms with E-state index in [1.807, 2.05) is 0 Å². The molecule has 0 spiro atoms. The highest BCUT2D eigenvalue weighted by atomic mass is 32.2. The number of H-pyrrole nitrogens is 1. The van der Waals surface area contributed by atoms with Crippen molar-refractivity contribution < 1.29 is 13.2 Å². The van der Waals surface area contributed by atoms with E-state index in [1.165, 1.54) is 4.31 Å². The Morgan fingerprint density at radius 2 is 1.87 bits per heavy atom. The fraction of sp³-hybridized carbons (Fsp3) is 0.250. The number of rotatable bonds is 4. The Kier molecular flexibility index (Phi) is 5.17. The molecule has 1 aliphatic rings. The molecular weight excluding hydrogens is 408 g/mol. The lowest BCUT2D eigenvalue weighted by Gasteiger charge is -2.28. The fourth-order valence-electron chi connectivity index (χ4n) is 3.50. The van der Waals surface area contributed by atoms with Crippen molar-refractivity contribution in [2.24, 2.45) is 0 Å². The molecule has 2 heterocycles. The van der Waals surface area contributed by atoms with E-state index in [4.69, 9.17) is 0 Å². The predicted octanol–water partition coefficient (Wildman–Crippen LogP) is 1.26. The van der Waals surface area contributed by atoms with Gasteiger partial charge in [0, 0.05) is 12.2 Å². The van der Waals surface area contributed by atoms with Gasteiger partial charge in [-0.25, -0.2) is 13.2 Å². The van der Waals surface area contributed by atoms with Gasteiger partial charge in [0.15, 0.2) is 0 Å². The van der Waals surface area contributed by atoms with E-state index in [0.29, 0.717) is 35.2 Å². The van der Waals surface area contributed by atoms with E-state index in [1.54, 1.807) is 48.5 Å². The van der Waals surface area contributed by atoms with Crippen molar-refractivity contribution in [3.05, 3.63) is 69.4 Å². The van der Waals surface area contributed by atoms with Gasteiger partial charge in [0.1, 0.15) is 6.54 Å². The second-order valence-electron chi connectivity index (χ2n) is 7.06. The Labute approximate surface area is 172 Å². The summed E-state index contributed by atoms with van der Waals surface area (Å²) in [4.78, 5) is 39.9. The Hall–Kier alpha value is -3.40. The fourth-order valence-corrected chi connectivity index (χ4v) is 5.14. The number of benzene rings is 2. The zero-order valence-electron chi connectivity index (χ0n) is 16.0. The summed E-state index contributed by atoms with van der Waals surface area (Å²) < 4.78 is 26.8. The Balaban J connectivity index is 1.56. The van der Waals surface area contributed by atoms with Crippen molar-refractivity contribution in [1.82, 2.24) is 9.55 Å². The van der Waals surface area contributed by atoms with Crippen molar-refractivity contribution in [3.63, 3.8) is 0 Å². The molecule has 1 amide bonds. The SMILES string of the molecule is O=C(Cn1c(=O)[nH]c2ccccc2c1=O)Nc1cccc(N2CCCCS2(=O)=O)c1. The number of fused-ring (bicyclic) bond motifs is 1. The number of para-hydroxylation sites is 1. The Morgan fingerprint density at radius 3 is 2.67 bits per heavy atom. The summed E-state index contributed by atoms with van der Waals surface area (Å²) in [6.45, 7) is -0.0766. The highest BCUT2D eigenvalue weighted by Gasteiger charge is 2.26. The van der Waals surface area contributed by atoms with E-state index >= 15 is 0 Å². The lowest BCUT2D eigenvalue weighted by atomic mass is 10.2. The quantitative estimate of drug-likeness (QED) is 0.648. The van der Waals surface area contributed by atoms with E-state index in [2.05, 4.69) is 10.3 Å². The molecule has 2 aromatic carbocycles. The molecule has 0 radical (unpaired) electrons. The van der Waals surface area contributed by atoms with Crippen molar-refractivity contribution in [2.45, 2.75) is 19.4 Å². The van der Waals surface area contributed by atoms with Crippen LogP contribution in [-0.4, -0.2) is 36.2 Å². The third-order valence-electron chi connectivity index (χ3n) is 4.96. The average molecular weight is 428 g/mol. The van der Waals surface area contributed by atoms with Gasteiger partial charge < -0.3 is 10.3 Å². The van der Waals surface area contributed by atoms with Crippen LogP contribution in [0.1, 0.15) is 12.8 Å². The van der Waals surface area contributed by atoms with Crippen LogP contribution >= 0.6 is 0 Å². The second kappa shape index (κ2) is 7.79. The largest absolute Gasteiger partial charge is 0.329 e. The molecule has 0 bridgehead atoms. The van der Waals surface area contributed by atoms with E-state index < -0.39 is 33.7 Å². The third-order valence-corrected chi connectivity index (χ3v) is 6.83. The molecule has 1 aromatic heterocycles. The Morgan fingerprint density at radius 1 is 1.07 bits per heavy atom. The van der Waals surface area contributed by atoms with E-state index in [0.717, 1.165) is 11.0 Å². The van der Waals surface area contributed by atoms with Crippen LogP contribution in [0.25, 0.3) is 10.9 Å². The van der Waals surface area contributed by atoms with Crippen LogP contribution in [0.4, 0.5) is 11.4 Å². The normalized spacial score (nSPS) is 15.8. The van der Waals surface area contributed by atoms with Crippen LogP contribution in [0.3, 0.4) is 0 Å². The molecule has 9 nitrogen and oxygen atoms in total. The van der Waals surface area contributed by atoms with Gasteiger partial charge in [-0.3, -0.25) is 18.5 Å². The number of amides is 1. The van der Waals surface area contributed by atoms with Crippen LogP contribution in [0.5, 0.6) is 0 Å². The maximum Gasteiger partial charge on any atom is 0.329 e. The molecule has 1 aliphatic heterocycles. The summed E-state index contributed by atoms with van der Waals surface area (Å²) in [6.07, 6.45) is 1.40. The maximum absolute atomic E-state index is 12.6. The van der Waals surface area contributed by atoms with Crippen LogP contribution in [0.15, 0.2) is 58.1 Å². The number of anilines is 2. The first-order valence-electron chi connectivity index (χ1n) is 9.47. The van der Waals surface area contributed by atoms with Crippen molar-refractivity contribution >= 4 is 38.2 Å². The van der Waals surface area contributed by atoms with Gasteiger partial charge in [0.05, 0.1) is 22.3 Å². The number of hydrogen-bond acceptors (Lipinski definition) is 5. The van der Waals surface area contributed by atoms with Gasteiger partial charge in [0.25, 0.3) is 5.56 Å². The summed E-state index contributed by atoms with van der Waals surface area (Å²) in [5.74, 6) is -0.478. The van der Waals surface area contributed by atoms with Crippen molar-refractivity contribution in [1.29, 1.82) is 0 Å². The van der Waals surface area contributed by atoms with Crippen molar-refractivity contribution in [2.75, 3.05) is 21.9 Å². The number of carbonyl (C=O) groups is 1. The molecule has 3 aromatic rings. The molecule has 0 unspecified atom stereocenters. The molecule has 4 rings (SSSR count). The summed E-state index contributed by atoms with van der Waals surface area (Å²) >= 11 is 0. The van der Waals surface area contributed by atoms with Gasteiger partial charge in [-0.15, -0.1) is 0 Å². The summed E-state index contributed by atoms with van der Waals surface area (Å²) in [7, 11) is -3.37. The van der Waals surface area contributed by atoms with Crippen LogP contribution in [0.2, 0.25) is 0 Å². The molecule has 0 saturated carbocycles. The standard InChI is InChI=1S/C20H20N4O5S/c25-18(13-23-19(26)16-8-1-2-9-17(16)22-20(23)27)21-14-6-5-7-15(12-14)24-10-3-4-11-30(24,28)29/h1-2,5-9,12H,3-4,10-11,13H2,(H,21,25)(H,22,27). The van der Waals surface area contributed by atoms with Gasteiger partial charge >= 0.3 is 5.69 Å². The minimum absolute atomic E-state index is 0.0945. The Bertz CT molecular complexity index is 1340. The number of aromatic amines is 1. The van der Waals surface area contributed by atoms with E-state index in [9.17, 15) is 22.8 Å². The van der Waals surface area contributed by atoms with Crippen molar-refractivity contribution in [3.8, 4) is 0 Å². The number of sulfonamides is 1. The van der Waals surface area contributed by atoms with Gasteiger partial charge in [-0.05, 0) is 43.2 Å². The molecule has 156 valence electrons. The number of aromatic nitrogens is 2. The molecule has 1 saturated heterocycles. The summed E-state index contributed by atoms with van der Waals surface area (Å²) in [5.41, 5.74) is 0.0102. The van der Waals surface area contributed by atoms with Gasteiger partial charge in [-0.2, -0.15) is 0 Å². The second-order valence-corrected chi connectivity index (χ2v) is 9.07. The molecule has 30 heavy (non-hydrogen) atoms. The van der Waals surface area contributed by atoms with Crippen LogP contribution in [0, 0.1) is 0 Å². The molecule has 2 N–H and O–H groups in total. The zero-order chi connectivity index (χ0) is 21.3. The lowest BCUT2D eigenvalue weighted by Crippen LogP contribution is -2.39. The molecule has 10 heteroatoms. The lowest BCUT2D eigenvalue weighted by molar-refractivity contribution is -0.116. The number of nitrogens with one attached hydrogen (secondary N) is 2. The first kappa shape index (κ1) is 19.9. The van der Waals surface area contributed by atoms with E-state index in [-0.39, 0.29) is 5.75 Å². The smallest absolute Gasteiger partial charge is 0.324 e. The maximum atomic E-state index is 12.6.